The Morgan fingerprint density at radius 2 is 1.57 bits per heavy atom. The van der Waals surface area contributed by atoms with Crippen LogP contribution >= 0.6 is 0 Å². The molecule has 3 aliphatic rings. The summed E-state index contributed by atoms with van der Waals surface area (Å²) in [5, 5.41) is 0. The van der Waals surface area contributed by atoms with Crippen LogP contribution in [0, 0.1) is 5.92 Å². The van der Waals surface area contributed by atoms with Crippen LogP contribution in [0.1, 0.15) is 35.4 Å². The van der Waals surface area contributed by atoms with Crippen molar-refractivity contribution in [1.29, 1.82) is 0 Å². The number of nitrogens with zero attached hydrogens (tertiary/aromatic N) is 2. The molecule has 178 valence electrons. The first-order chi connectivity index (χ1) is 17.2. The molecule has 0 saturated carbocycles. The molecule has 0 spiro atoms. The van der Waals surface area contributed by atoms with E-state index in [9.17, 15) is 9.59 Å². The zero-order valence-electron chi connectivity index (χ0n) is 19.5. The fourth-order valence-electron chi connectivity index (χ4n) is 5.99. The Bertz CT molecular complexity index is 1180. The Labute approximate surface area is 204 Å². The number of pyridine rings is 1. The summed E-state index contributed by atoms with van der Waals surface area (Å²) in [5.41, 5.74) is 5.75. The summed E-state index contributed by atoms with van der Waals surface area (Å²) < 4.78 is 11.7. The topological polar surface area (TPSA) is 68.7 Å². The van der Waals surface area contributed by atoms with Crippen molar-refractivity contribution in [3.63, 3.8) is 0 Å². The predicted octanol–water partition coefficient (Wildman–Crippen LogP) is 4.62. The number of piperidine rings is 1. The lowest BCUT2D eigenvalue weighted by Crippen LogP contribution is -2.60. The number of ketones is 1. The fraction of sp³-hybridized carbons (Fsp3) is 0.345. The Morgan fingerprint density at radius 3 is 2.20 bits per heavy atom. The lowest BCUT2D eigenvalue weighted by atomic mass is 9.81. The lowest BCUT2D eigenvalue weighted by Gasteiger charge is -2.47. The van der Waals surface area contributed by atoms with E-state index in [0.29, 0.717) is 39.1 Å². The largest absolute Gasteiger partial charge is 0.448 e. The summed E-state index contributed by atoms with van der Waals surface area (Å²) in [6.07, 6.45) is 4.75. The highest BCUT2D eigenvalue weighted by Gasteiger charge is 2.44. The van der Waals surface area contributed by atoms with Gasteiger partial charge in [-0.15, -0.1) is 0 Å². The number of morpholine rings is 1. The minimum absolute atomic E-state index is 0.0287. The Hall–Kier alpha value is -3.51. The van der Waals surface area contributed by atoms with E-state index in [1.807, 2.05) is 41.3 Å². The van der Waals surface area contributed by atoms with Crippen LogP contribution in [-0.4, -0.2) is 53.7 Å². The average Bonchev–Trinajstić information content (AvgIpc) is 3.21. The monoisotopic (exact) mass is 468 g/mol. The van der Waals surface area contributed by atoms with Crippen LogP contribution in [0.25, 0.3) is 11.1 Å². The third kappa shape index (κ3) is 4.12. The van der Waals surface area contributed by atoms with E-state index in [4.69, 9.17) is 9.47 Å². The van der Waals surface area contributed by atoms with Crippen molar-refractivity contribution >= 4 is 11.9 Å². The van der Waals surface area contributed by atoms with Gasteiger partial charge in [0.25, 0.3) is 0 Å². The number of hydrogen-bond donors (Lipinski definition) is 0. The molecule has 0 N–H and O–H groups in total. The molecule has 0 radical (unpaired) electrons. The van der Waals surface area contributed by atoms with Gasteiger partial charge in [0, 0.05) is 30.7 Å². The van der Waals surface area contributed by atoms with E-state index < -0.39 is 0 Å². The Morgan fingerprint density at radius 1 is 0.914 bits per heavy atom. The number of amides is 1. The summed E-state index contributed by atoms with van der Waals surface area (Å²) in [6, 6.07) is 20.2. The van der Waals surface area contributed by atoms with Crippen molar-refractivity contribution in [2.75, 3.05) is 19.8 Å². The first-order valence-corrected chi connectivity index (χ1v) is 12.3. The number of ether oxygens (including phenoxy) is 2. The minimum Gasteiger partial charge on any atom is -0.448 e. The van der Waals surface area contributed by atoms with Gasteiger partial charge in [0.05, 0.1) is 25.3 Å². The second-order valence-electron chi connectivity index (χ2n) is 9.73. The molecule has 1 amide bonds. The third-order valence-electron chi connectivity index (χ3n) is 7.62. The summed E-state index contributed by atoms with van der Waals surface area (Å²) in [7, 11) is 0. The summed E-state index contributed by atoms with van der Waals surface area (Å²) in [4.78, 5) is 32.3. The number of carbonyl (C=O) groups is 2. The van der Waals surface area contributed by atoms with E-state index in [1.54, 1.807) is 12.4 Å². The maximum Gasteiger partial charge on any atom is 0.410 e. The molecule has 1 aliphatic carbocycles. The second-order valence-corrected chi connectivity index (χ2v) is 9.73. The van der Waals surface area contributed by atoms with Gasteiger partial charge in [0.1, 0.15) is 12.4 Å². The van der Waals surface area contributed by atoms with Gasteiger partial charge in [-0.2, -0.15) is 0 Å². The van der Waals surface area contributed by atoms with Gasteiger partial charge >= 0.3 is 6.09 Å². The highest BCUT2D eigenvalue weighted by molar-refractivity contribution is 5.84. The van der Waals surface area contributed by atoms with E-state index in [1.165, 1.54) is 22.3 Å². The van der Waals surface area contributed by atoms with Crippen LogP contribution in [-0.2, 0) is 20.7 Å². The lowest BCUT2D eigenvalue weighted by molar-refractivity contribution is -0.130. The van der Waals surface area contributed by atoms with Crippen LogP contribution in [0.5, 0.6) is 0 Å². The second kappa shape index (κ2) is 9.27. The molecule has 2 atom stereocenters. The van der Waals surface area contributed by atoms with Crippen molar-refractivity contribution in [3.8, 4) is 11.1 Å². The number of rotatable bonds is 5. The molecule has 2 aliphatic heterocycles. The number of aromatic nitrogens is 1. The van der Waals surface area contributed by atoms with Gasteiger partial charge in [0.2, 0.25) is 0 Å². The molecule has 3 heterocycles. The molecule has 3 aromatic rings. The standard InChI is InChI=1S/C29H28N2O4/c32-28(12-19-6-5-11-30-15-19)20-13-21-16-34-17-22(14-20)31(21)29(33)35-18-27-25-9-3-1-7-23(25)24-8-2-4-10-26(24)27/h1-11,15,20-22,27H,12-14,16-18H2. The van der Waals surface area contributed by atoms with Crippen molar-refractivity contribution in [3.05, 3.63) is 89.7 Å². The maximum absolute atomic E-state index is 13.3. The van der Waals surface area contributed by atoms with E-state index >= 15 is 0 Å². The molecule has 2 fully saturated rings. The smallest absolute Gasteiger partial charge is 0.410 e. The zero-order chi connectivity index (χ0) is 23.8. The Balaban J connectivity index is 1.14. The van der Waals surface area contributed by atoms with E-state index in [2.05, 4.69) is 29.2 Å². The van der Waals surface area contributed by atoms with Crippen molar-refractivity contribution in [1.82, 2.24) is 9.88 Å². The molecular weight excluding hydrogens is 440 g/mol. The summed E-state index contributed by atoms with van der Waals surface area (Å²) >= 11 is 0. The fourth-order valence-corrected chi connectivity index (χ4v) is 5.99. The third-order valence-corrected chi connectivity index (χ3v) is 7.62. The van der Waals surface area contributed by atoms with Gasteiger partial charge in [-0.1, -0.05) is 54.6 Å². The molecule has 2 saturated heterocycles. The van der Waals surface area contributed by atoms with Crippen molar-refractivity contribution < 1.29 is 19.1 Å². The Kier molecular flexibility index (Phi) is 5.82. The molecule has 6 rings (SSSR count). The number of benzene rings is 2. The van der Waals surface area contributed by atoms with Gasteiger partial charge < -0.3 is 9.47 Å². The predicted molar refractivity (Wildman–Crippen MR) is 131 cm³/mol. The highest BCUT2D eigenvalue weighted by atomic mass is 16.6. The van der Waals surface area contributed by atoms with Gasteiger partial charge in [-0.3, -0.25) is 14.7 Å². The average molecular weight is 469 g/mol. The molecule has 2 aromatic carbocycles. The molecule has 35 heavy (non-hydrogen) atoms. The minimum atomic E-state index is -0.302. The first-order valence-electron chi connectivity index (χ1n) is 12.3. The molecule has 6 nitrogen and oxygen atoms in total. The van der Waals surface area contributed by atoms with Crippen molar-refractivity contribution in [2.24, 2.45) is 5.92 Å². The molecular formula is C29H28N2O4. The van der Waals surface area contributed by atoms with E-state index in [0.717, 1.165) is 5.56 Å². The number of Topliss-reactive ketones (excluding diaryl/α,β-unsaturated/α-hetero) is 1. The van der Waals surface area contributed by atoms with Crippen LogP contribution < -0.4 is 0 Å². The number of hydrogen-bond acceptors (Lipinski definition) is 5. The van der Waals surface area contributed by atoms with Crippen LogP contribution in [0.4, 0.5) is 4.79 Å². The number of carbonyl (C=O) groups excluding carboxylic acids is 2. The SMILES string of the molecule is O=C(Cc1cccnc1)C1CC2COCC(C1)N2C(=O)OCC1c2ccccc2-c2ccccc21. The van der Waals surface area contributed by atoms with Crippen LogP contribution in [0.3, 0.4) is 0 Å². The molecule has 6 heteroatoms. The van der Waals surface area contributed by atoms with Crippen molar-refractivity contribution in [2.45, 2.75) is 37.3 Å². The maximum atomic E-state index is 13.3. The quantitative estimate of drug-likeness (QED) is 0.547. The summed E-state index contributed by atoms with van der Waals surface area (Å²) in [6.45, 7) is 1.18. The molecule has 2 bridgehead atoms. The molecule has 1 aromatic heterocycles. The van der Waals surface area contributed by atoms with E-state index in [-0.39, 0.29) is 35.8 Å². The normalized spacial score (nSPS) is 22.9. The van der Waals surface area contributed by atoms with Gasteiger partial charge in [0.15, 0.2) is 0 Å². The zero-order valence-corrected chi connectivity index (χ0v) is 19.5. The van der Waals surface area contributed by atoms with Crippen LogP contribution in [0.15, 0.2) is 73.1 Å². The number of fused-ring (bicyclic) bond motifs is 5. The molecule has 2 unspecified atom stereocenters. The van der Waals surface area contributed by atoms with Gasteiger partial charge in [-0.25, -0.2) is 4.79 Å². The van der Waals surface area contributed by atoms with Crippen LogP contribution in [0.2, 0.25) is 0 Å². The van der Waals surface area contributed by atoms with Gasteiger partial charge in [-0.05, 0) is 46.7 Å². The highest BCUT2D eigenvalue weighted by Crippen LogP contribution is 2.44. The first kappa shape index (κ1) is 22.0. The summed E-state index contributed by atoms with van der Waals surface area (Å²) in [5.74, 6) is 0.162.